The summed E-state index contributed by atoms with van der Waals surface area (Å²) in [7, 11) is 1.43. The molecule has 0 radical (unpaired) electrons. The van der Waals surface area contributed by atoms with Crippen LogP contribution in [0.5, 0.6) is 0 Å². The molecule has 5 nitrogen and oxygen atoms in total. The lowest BCUT2D eigenvalue weighted by molar-refractivity contribution is 0.0597. The Hall–Kier alpha value is -2.70. The topological polar surface area (TPSA) is 49.9 Å². The molecule has 2 aliphatic rings. The highest BCUT2D eigenvalue weighted by Crippen LogP contribution is 2.26. The van der Waals surface area contributed by atoms with Crippen LogP contribution in [0, 0.1) is 12.8 Å². The molecule has 0 aliphatic carbocycles. The predicted octanol–water partition coefficient (Wildman–Crippen LogP) is 7.49. The molecule has 0 amide bonds. The van der Waals surface area contributed by atoms with E-state index in [1.807, 2.05) is 24.3 Å². The molecule has 0 bridgehead atoms. The second-order valence-electron chi connectivity index (χ2n) is 11.9. The van der Waals surface area contributed by atoms with Crippen LogP contribution < -0.4 is 0 Å². The van der Waals surface area contributed by atoms with Gasteiger partial charge >= 0.3 is 5.97 Å². The largest absolute Gasteiger partial charge is 0.465 e. The summed E-state index contributed by atoms with van der Waals surface area (Å²) in [6, 6.07) is 22.8. The molecule has 0 spiro atoms. The average Bonchev–Trinajstić information content (AvgIpc) is 3.21. The Bertz CT molecular complexity index is 1350. The van der Waals surface area contributed by atoms with E-state index >= 15 is 0 Å². The van der Waals surface area contributed by atoms with Gasteiger partial charge in [0, 0.05) is 38.2 Å². The lowest BCUT2D eigenvalue weighted by Crippen LogP contribution is -2.33. The van der Waals surface area contributed by atoms with Crippen molar-refractivity contribution >= 4 is 36.6 Å². The normalized spacial score (nSPS) is 15.9. The summed E-state index contributed by atoms with van der Waals surface area (Å²) < 4.78 is 4.95. The van der Waals surface area contributed by atoms with Crippen LogP contribution in [-0.2, 0) is 30.7 Å². The van der Waals surface area contributed by atoms with Crippen LogP contribution in [0.1, 0.15) is 80.6 Å². The summed E-state index contributed by atoms with van der Waals surface area (Å²) in [5.74, 6) is 0.682. The highest BCUT2D eigenvalue weighted by atomic mass is 35.5. The number of halogens is 2. The highest BCUT2D eigenvalue weighted by Gasteiger charge is 2.22. The van der Waals surface area contributed by atoms with Crippen molar-refractivity contribution in [1.82, 2.24) is 9.80 Å². The SMILES string of the molecule is COC(=O)c1ccccc1CN1CCC(CCCC(=O)c2ccc3c(c2)CCN(Cc2ccccc2C)CC3)CC1.Cl.Cl. The van der Waals surface area contributed by atoms with Crippen molar-refractivity contribution in [1.29, 1.82) is 0 Å². The maximum Gasteiger partial charge on any atom is 0.338 e. The second kappa shape index (κ2) is 17.0. The number of carbonyl (C=O) groups is 2. The summed E-state index contributed by atoms with van der Waals surface area (Å²) >= 11 is 0. The Morgan fingerprint density at radius 3 is 2.14 bits per heavy atom. The Morgan fingerprint density at radius 2 is 1.42 bits per heavy atom. The number of hydrogen-bond donors (Lipinski definition) is 0. The number of ketones is 1. The van der Waals surface area contributed by atoms with Gasteiger partial charge in [-0.05, 0) is 104 Å². The van der Waals surface area contributed by atoms with Crippen LogP contribution in [-0.4, -0.2) is 54.8 Å². The van der Waals surface area contributed by atoms with Gasteiger partial charge in [-0.25, -0.2) is 4.79 Å². The summed E-state index contributed by atoms with van der Waals surface area (Å²) in [5.41, 5.74) is 8.09. The number of methoxy groups -OCH3 is 1. The molecule has 0 N–H and O–H groups in total. The number of aryl methyl sites for hydroxylation is 1. The lowest BCUT2D eigenvalue weighted by atomic mass is 9.90. The molecular weight excluding hydrogens is 579 g/mol. The van der Waals surface area contributed by atoms with Gasteiger partial charge in [-0.3, -0.25) is 14.6 Å². The molecule has 43 heavy (non-hydrogen) atoms. The fourth-order valence-electron chi connectivity index (χ4n) is 6.47. The van der Waals surface area contributed by atoms with Gasteiger partial charge in [0.2, 0.25) is 0 Å². The van der Waals surface area contributed by atoms with Crippen LogP contribution in [0.25, 0.3) is 0 Å². The molecule has 3 aromatic rings. The number of esters is 1. The molecule has 0 atom stereocenters. The third-order valence-corrected chi connectivity index (χ3v) is 9.12. The van der Waals surface area contributed by atoms with E-state index in [1.54, 1.807) is 0 Å². The standard InChI is InChI=1S/C36H44N2O3.2ClH/c1-27-8-3-4-10-32(27)25-38-22-18-29-14-15-31(24-30(29)19-23-38)35(39)13-7-9-28-16-20-37(21-17-28)26-33-11-5-6-12-34(33)36(40)41-2;;/h3-6,8,10-12,14-15,24,28H,7,9,13,16-23,25-26H2,1-2H3;2*1H. The number of fused-ring (bicyclic) bond motifs is 1. The molecule has 0 aromatic heterocycles. The van der Waals surface area contributed by atoms with E-state index in [4.69, 9.17) is 4.74 Å². The van der Waals surface area contributed by atoms with E-state index in [-0.39, 0.29) is 36.6 Å². The summed E-state index contributed by atoms with van der Waals surface area (Å²) in [6.07, 6.45) is 7.03. The van der Waals surface area contributed by atoms with Gasteiger partial charge in [0.1, 0.15) is 0 Å². The van der Waals surface area contributed by atoms with Gasteiger partial charge in [0.15, 0.2) is 5.78 Å². The Morgan fingerprint density at radius 1 is 0.791 bits per heavy atom. The van der Waals surface area contributed by atoms with E-state index in [2.05, 4.69) is 59.2 Å². The van der Waals surface area contributed by atoms with Gasteiger partial charge in [0.05, 0.1) is 12.7 Å². The van der Waals surface area contributed by atoms with Crippen molar-refractivity contribution in [3.05, 3.63) is 106 Å². The number of benzene rings is 3. The van der Waals surface area contributed by atoms with Gasteiger partial charge in [-0.2, -0.15) is 0 Å². The molecule has 2 aliphatic heterocycles. The smallest absolute Gasteiger partial charge is 0.338 e. The number of hydrogen-bond acceptors (Lipinski definition) is 5. The van der Waals surface area contributed by atoms with Crippen molar-refractivity contribution in [2.24, 2.45) is 5.92 Å². The van der Waals surface area contributed by atoms with Gasteiger partial charge in [-0.1, -0.05) is 54.6 Å². The van der Waals surface area contributed by atoms with Gasteiger partial charge in [0.25, 0.3) is 0 Å². The minimum absolute atomic E-state index is 0. The zero-order chi connectivity index (χ0) is 28.6. The third kappa shape index (κ3) is 9.39. The van der Waals surface area contributed by atoms with Crippen molar-refractivity contribution in [3.8, 4) is 0 Å². The minimum Gasteiger partial charge on any atom is -0.465 e. The fourth-order valence-corrected chi connectivity index (χ4v) is 6.47. The van der Waals surface area contributed by atoms with Crippen LogP contribution >= 0.6 is 24.8 Å². The number of nitrogens with zero attached hydrogens (tertiary/aromatic N) is 2. The van der Waals surface area contributed by atoms with E-state index < -0.39 is 0 Å². The number of rotatable bonds is 10. The molecule has 232 valence electrons. The van der Waals surface area contributed by atoms with Crippen molar-refractivity contribution in [3.63, 3.8) is 0 Å². The summed E-state index contributed by atoms with van der Waals surface area (Å²) in [4.78, 5) is 30.2. The molecule has 1 fully saturated rings. The monoisotopic (exact) mass is 624 g/mol. The third-order valence-electron chi connectivity index (χ3n) is 9.12. The first kappa shape index (κ1) is 34.8. The molecule has 1 saturated heterocycles. The highest BCUT2D eigenvalue weighted by molar-refractivity contribution is 5.96. The van der Waals surface area contributed by atoms with Crippen LogP contribution in [0.2, 0.25) is 0 Å². The van der Waals surface area contributed by atoms with Crippen molar-refractivity contribution < 1.29 is 14.3 Å². The number of piperidine rings is 1. The number of ether oxygens (including phenoxy) is 1. The molecule has 5 rings (SSSR count). The fraction of sp³-hybridized carbons (Fsp3) is 0.444. The lowest BCUT2D eigenvalue weighted by Gasteiger charge is -2.32. The van der Waals surface area contributed by atoms with E-state index in [9.17, 15) is 9.59 Å². The van der Waals surface area contributed by atoms with Crippen LogP contribution in [0.15, 0.2) is 66.7 Å². The number of Topliss-reactive ketones (excluding diaryl/α,β-unsaturated/α-hetero) is 1. The zero-order valence-electron chi connectivity index (χ0n) is 25.6. The minimum atomic E-state index is -0.269. The first-order chi connectivity index (χ1) is 20.0. The molecule has 2 heterocycles. The van der Waals surface area contributed by atoms with E-state index in [0.717, 1.165) is 88.9 Å². The number of likely N-dealkylation sites (tertiary alicyclic amines) is 1. The van der Waals surface area contributed by atoms with Crippen LogP contribution in [0.3, 0.4) is 0 Å². The average molecular weight is 626 g/mol. The van der Waals surface area contributed by atoms with Gasteiger partial charge < -0.3 is 4.74 Å². The number of carbonyl (C=O) groups excluding carboxylic acids is 2. The van der Waals surface area contributed by atoms with Crippen molar-refractivity contribution in [2.75, 3.05) is 33.3 Å². The Labute approximate surface area is 269 Å². The van der Waals surface area contributed by atoms with E-state index in [1.165, 1.54) is 29.4 Å². The Kier molecular flexibility index (Phi) is 13.7. The maximum atomic E-state index is 13.1. The molecule has 0 unspecified atom stereocenters. The Balaban J connectivity index is 0.00000253. The molecule has 7 heteroatoms. The summed E-state index contributed by atoms with van der Waals surface area (Å²) in [6.45, 7) is 8.11. The molecule has 0 saturated carbocycles. The molecule has 3 aromatic carbocycles. The second-order valence-corrected chi connectivity index (χ2v) is 11.9. The molecular formula is C36H46Cl2N2O3. The first-order valence-electron chi connectivity index (χ1n) is 15.3. The first-order valence-corrected chi connectivity index (χ1v) is 15.3. The maximum absolute atomic E-state index is 13.1. The van der Waals surface area contributed by atoms with Crippen molar-refractivity contribution in [2.45, 2.75) is 65.0 Å². The summed E-state index contributed by atoms with van der Waals surface area (Å²) in [5, 5.41) is 0. The zero-order valence-corrected chi connectivity index (χ0v) is 27.2. The van der Waals surface area contributed by atoms with Crippen LogP contribution in [0.4, 0.5) is 0 Å². The van der Waals surface area contributed by atoms with E-state index in [0.29, 0.717) is 17.9 Å². The quantitative estimate of drug-likeness (QED) is 0.173. The predicted molar refractivity (Wildman–Crippen MR) is 179 cm³/mol. The van der Waals surface area contributed by atoms with Gasteiger partial charge in [-0.15, -0.1) is 24.8 Å².